The quantitative estimate of drug-likeness (QED) is 0.613. The Kier molecular flexibility index (Phi) is 6.46. The Morgan fingerprint density at radius 2 is 1.93 bits per heavy atom. The highest BCUT2D eigenvalue weighted by Gasteiger charge is 2.19. The highest BCUT2D eigenvalue weighted by molar-refractivity contribution is 7.99. The molecule has 1 amide bonds. The van der Waals surface area contributed by atoms with E-state index in [0.717, 1.165) is 29.1 Å². The molecule has 7 heteroatoms. The van der Waals surface area contributed by atoms with Gasteiger partial charge in [-0.2, -0.15) is 0 Å². The van der Waals surface area contributed by atoms with E-state index in [1.807, 2.05) is 23.6 Å². The van der Waals surface area contributed by atoms with Gasteiger partial charge in [0.1, 0.15) is 0 Å². The van der Waals surface area contributed by atoms with Gasteiger partial charge in [-0.1, -0.05) is 36.4 Å². The number of carbonyl (C=O) groups is 1. The molecule has 2 aromatic heterocycles. The lowest BCUT2D eigenvalue weighted by Gasteiger charge is -2.14. The van der Waals surface area contributed by atoms with Crippen molar-refractivity contribution in [3.8, 4) is 17.1 Å². The first-order valence-corrected chi connectivity index (χ1v) is 10.3. The second kappa shape index (κ2) is 9.01. The molecule has 0 aliphatic carbocycles. The van der Waals surface area contributed by atoms with Gasteiger partial charge < -0.3 is 5.32 Å². The number of hydrogen-bond acceptors (Lipinski definition) is 5. The number of aryl methyl sites for hydroxylation is 2. The van der Waals surface area contributed by atoms with Crippen LogP contribution in [0.5, 0.6) is 0 Å². The Bertz CT molecular complexity index is 955. The van der Waals surface area contributed by atoms with E-state index in [1.54, 1.807) is 12.4 Å². The maximum absolute atomic E-state index is 12.2. The second-order valence-corrected chi connectivity index (χ2v) is 7.78. The highest BCUT2D eigenvalue weighted by Crippen LogP contribution is 2.29. The molecule has 1 unspecified atom stereocenters. The zero-order chi connectivity index (χ0) is 20.1. The lowest BCUT2D eigenvalue weighted by molar-refractivity contribution is -0.119. The maximum atomic E-state index is 12.2. The molecule has 0 saturated carbocycles. The number of hydrogen-bond donors (Lipinski definition) is 1. The van der Waals surface area contributed by atoms with Crippen molar-refractivity contribution in [3.05, 3.63) is 53.9 Å². The summed E-state index contributed by atoms with van der Waals surface area (Å²) < 4.78 is 2.02. The van der Waals surface area contributed by atoms with E-state index in [1.165, 1.54) is 17.3 Å². The van der Waals surface area contributed by atoms with Crippen molar-refractivity contribution in [2.45, 2.75) is 45.3 Å². The third-order valence-electron chi connectivity index (χ3n) is 4.52. The van der Waals surface area contributed by atoms with E-state index in [9.17, 15) is 4.79 Å². The normalized spacial score (nSPS) is 12.0. The van der Waals surface area contributed by atoms with Gasteiger partial charge in [0.05, 0.1) is 11.4 Å². The minimum atomic E-state index is -0.0000100. The van der Waals surface area contributed by atoms with E-state index in [-0.39, 0.29) is 11.9 Å². The lowest BCUT2D eigenvalue weighted by Crippen LogP contribution is -2.33. The largest absolute Gasteiger partial charge is 0.353 e. The van der Waals surface area contributed by atoms with Crippen LogP contribution >= 0.6 is 11.8 Å². The summed E-state index contributed by atoms with van der Waals surface area (Å²) in [7, 11) is 0. The van der Waals surface area contributed by atoms with Crippen molar-refractivity contribution >= 4 is 17.7 Å². The maximum Gasteiger partial charge on any atom is 0.230 e. The Hall–Kier alpha value is -2.67. The third kappa shape index (κ3) is 4.59. The molecule has 3 rings (SSSR count). The van der Waals surface area contributed by atoms with Crippen LogP contribution in [0.15, 0.2) is 47.9 Å². The number of nitrogens with one attached hydrogen (secondary N) is 1. The molecular formula is C21H25N5OS. The van der Waals surface area contributed by atoms with Gasteiger partial charge in [-0.25, -0.2) is 0 Å². The zero-order valence-corrected chi connectivity index (χ0v) is 17.5. The molecule has 3 aromatic rings. The van der Waals surface area contributed by atoms with Crippen LogP contribution < -0.4 is 5.32 Å². The van der Waals surface area contributed by atoms with Gasteiger partial charge in [0, 0.05) is 24.0 Å². The molecule has 1 N–H and O–H groups in total. The number of pyridine rings is 1. The van der Waals surface area contributed by atoms with Crippen LogP contribution in [0, 0.1) is 13.8 Å². The molecule has 0 aliphatic rings. The number of nitrogens with zero attached hydrogens (tertiary/aromatic N) is 4. The van der Waals surface area contributed by atoms with Crippen molar-refractivity contribution in [1.29, 1.82) is 0 Å². The summed E-state index contributed by atoms with van der Waals surface area (Å²) in [6.45, 7) is 8.20. The number of benzene rings is 1. The molecule has 28 heavy (non-hydrogen) atoms. The molecule has 0 fully saturated rings. The summed E-state index contributed by atoms with van der Waals surface area (Å²) in [4.78, 5) is 16.3. The Balaban J connectivity index is 1.97. The van der Waals surface area contributed by atoms with E-state index in [4.69, 9.17) is 0 Å². The van der Waals surface area contributed by atoms with Crippen LogP contribution in [0.2, 0.25) is 0 Å². The molecule has 6 nitrogen and oxygen atoms in total. The molecule has 0 radical (unpaired) electrons. The summed E-state index contributed by atoms with van der Waals surface area (Å²) in [5.41, 5.74) is 4.26. The Morgan fingerprint density at radius 1 is 1.18 bits per heavy atom. The van der Waals surface area contributed by atoms with Gasteiger partial charge in [-0.3, -0.25) is 14.3 Å². The second-order valence-electron chi connectivity index (χ2n) is 6.83. The number of amides is 1. The molecule has 0 spiro atoms. The predicted molar refractivity (Wildman–Crippen MR) is 113 cm³/mol. The summed E-state index contributed by atoms with van der Waals surface area (Å²) >= 11 is 1.39. The molecule has 146 valence electrons. The minimum Gasteiger partial charge on any atom is -0.353 e. The summed E-state index contributed by atoms with van der Waals surface area (Å²) in [6, 6.07) is 10.3. The van der Waals surface area contributed by atoms with E-state index < -0.39 is 0 Å². The standard InChI is InChI=1S/C21H25N5OS/c1-5-16(4)23-19(27)13-28-21-25-24-20(17-8-10-22-11-9-17)26(21)18-7-6-14(2)12-15(18)3/h6-12,16H,5,13H2,1-4H3,(H,23,27). The van der Waals surface area contributed by atoms with Crippen molar-refractivity contribution < 1.29 is 4.79 Å². The molecule has 2 heterocycles. The van der Waals surface area contributed by atoms with Crippen LogP contribution in [-0.4, -0.2) is 37.5 Å². The Morgan fingerprint density at radius 3 is 2.61 bits per heavy atom. The van der Waals surface area contributed by atoms with Gasteiger partial charge in [-0.15, -0.1) is 10.2 Å². The Labute approximate surface area is 169 Å². The first-order valence-electron chi connectivity index (χ1n) is 9.35. The van der Waals surface area contributed by atoms with Gasteiger partial charge in [-0.05, 0) is 51.0 Å². The SMILES string of the molecule is CCC(C)NC(=O)CSc1nnc(-c2ccncc2)n1-c1ccc(C)cc1C. The van der Waals surface area contributed by atoms with Crippen molar-refractivity contribution in [3.63, 3.8) is 0 Å². The monoisotopic (exact) mass is 395 g/mol. The van der Waals surface area contributed by atoms with Gasteiger partial charge in [0.25, 0.3) is 0 Å². The average Bonchev–Trinajstić information content (AvgIpc) is 3.10. The smallest absolute Gasteiger partial charge is 0.230 e. The van der Waals surface area contributed by atoms with Crippen LogP contribution in [-0.2, 0) is 4.79 Å². The fourth-order valence-electron chi connectivity index (χ4n) is 2.87. The average molecular weight is 396 g/mol. The number of thioether (sulfide) groups is 1. The zero-order valence-electron chi connectivity index (χ0n) is 16.6. The van der Waals surface area contributed by atoms with E-state index in [0.29, 0.717) is 10.9 Å². The number of aromatic nitrogens is 4. The van der Waals surface area contributed by atoms with Crippen LogP contribution in [0.1, 0.15) is 31.4 Å². The first-order chi connectivity index (χ1) is 13.5. The van der Waals surface area contributed by atoms with Crippen LogP contribution in [0.25, 0.3) is 17.1 Å². The lowest BCUT2D eigenvalue weighted by atomic mass is 10.1. The van der Waals surface area contributed by atoms with Crippen LogP contribution in [0.4, 0.5) is 0 Å². The fraction of sp³-hybridized carbons (Fsp3) is 0.333. The van der Waals surface area contributed by atoms with Gasteiger partial charge >= 0.3 is 0 Å². The molecule has 0 saturated heterocycles. The van der Waals surface area contributed by atoms with Gasteiger partial charge in [0.2, 0.25) is 5.91 Å². The van der Waals surface area contributed by atoms with Crippen molar-refractivity contribution in [2.75, 3.05) is 5.75 Å². The molecule has 1 aromatic carbocycles. The molecule has 0 aliphatic heterocycles. The summed E-state index contributed by atoms with van der Waals surface area (Å²) in [6.07, 6.45) is 4.38. The highest BCUT2D eigenvalue weighted by atomic mass is 32.2. The summed E-state index contributed by atoms with van der Waals surface area (Å²) in [5.74, 6) is 1.03. The molecule has 1 atom stereocenters. The molecule has 0 bridgehead atoms. The number of rotatable bonds is 7. The third-order valence-corrected chi connectivity index (χ3v) is 5.45. The minimum absolute atomic E-state index is 0.0000100. The molecular weight excluding hydrogens is 370 g/mol. The van der Waals surface area contributed by atoms with Crippen molar-refractivity contribution in [2.24, 2.45) is 0 Å². The van der Waals surface area contributed by atoms with Gasteiger partial charge in [0.15, 0.2) is 11.0 Å². The van der Waals surface area contributed by atoms with Crippen LogP contribution in [0.3, 0.4) is 0 Å². The first kappa shape index (κ1) is 20.1. The fourth-order valence-corrected chi connectivity index (χ4v) is 3.63. The van der Waals surface area contributed by atoms with Crippen molar-refractivity contribution in [1.82, 2.24) is 25.1 Å². The van der Waals surface area contributed by atoms with E-state index in [2.05, 4.69) is 59.5 Å². The van der Waals surface area contributed by atoms with E-state index >= 15 is 0 Å². The predicted octanol–water partition coefficient (Wildman–Crippen LogP) is 3.95. The topological polar surface area (TPSA) is 72.7 Å². The summed E-state index contributed by atoms with van der Waals surface area (Å²) in [5, 5.41) is 12.5. The number of carbonyl (C=O) groups excluding carboxylic acids is 1.